The summed E-state index contributed by atoms with van der Waals surface area (Å²) in [4.78, 5) is 0. The molecule has 0 amide bonds. The van der Waals surface area contributed by atoms with Crippen LogP contribution in [0.15, 0.2) is 66.7 Å². The first-order valence-electron chi connectivity index (χ1n) is 8.82. The number of ether oxygens (including phenoxy) is 1. The Labute approximate surface area is 156 Å². The molecule has 0 fully saturated rings. The molecule has 1 unspecified atom stereocenters. The van der Waals surface area contributed by atoms with Crippen molar-refractivity contribution >= 4 is 18.8 Å². The second-order valence-corrected chi connectivity index (χ2v) is 12.2. The highest BCUT2D eigenvalue weighted by atomic mass is 28.3. The molecule has 0 saturated heterocycles. The van der Waals surface area contributed by atoms with Crippen LogP contribution in [0.25, 0.3) is 10.8 Å². The summed E-state index contributed by atoms with van der Waals surface area (Å²) in [7, 11) is -1.50. The minimum absolute atomic E-state index is 0.491. The highest BCUT2D eigenvalue weighted by molar-refractivity contribution is 6.83. The minimum atomic E-state index is -1.50. The predicted molar refractivity (Wildman–Crippen MR) is 111 cm³/mol. The molecule has 0 spiro atoms. The van der Waals surface area contributed by atoms with Gasteiger partial charge in [0.25, 0.3) is 0 Å². The van der Waals surface area contributed by atoms with E-state index in [1.165, 1.54) is 10.8 Å². The molecular formula is C23H24O2Si. The maximum absolute atomic E-state index is 10.3. The number of aliphatic hydroxyl groups is 1. The van der Waals surface area contributed by atoms with Crippen molar-refractivity contribution < 1.29 is 9.84 Å². The summed E-state index contributed by atoms with van der Waals surface area (Å²) < 4.78 is 5.93. The number of rotatable bonds is 4. The Morgan fingerprint density at radius 1 is 0.923 bits per heavy atom. The van der Waals surface area contributed by atoms with Crippen molar-refractivity contribution in [3.05, 3.63) is 77.9 Å². The van der Waals surface area contributed by atoms with Gasteiger partial charge in [0.1, 0.15) is 26.5 Å². The standard InChI is InChI=1S/C23H24O2Si/c1-26(2,3)14-13-23(24)21-9-6-10-22(16-21)25-17-18-11-12-19-7-4-5-8-20(19)15-18/h4-12,15-16,23-24H,17H2,1-3H3. The van der Waals surface area contributed by atoms with Crippen molar-refractivity contribution in [3.63, 3.8) is 0 Å². The Hall–Kier alpha value is -2.54. The van der Waals surface area contributed by atoms with Gasteiger partial charge in [-0.2, -0.15) is 0 Å². The molecule has 0 heterocycles. The van der Waals surface area contributed by atoms with Crippen LogP contribution < -0.4 is 4.74 Å². The minimum Gasteiger partial charge on any atom is -0.489 e. The average Bonchev–Trinajstić information content (AvgIpc) is 2.64. The van der Waals surface area contributed by atoms with Gasteiger partial charge in [0.15, 0.2) is 0 Å². The first-order valence-corrected chi connectivity index (χ1v) is 12.3. The molecule has 2 nitrogen and oxygen atoms in total. The van der Waals surface area contributed by atoms with Gasteiger partial charge in [0.2, 0.25) is 0 Å². The predicted octanol–water partition coefficient (Wildman–Crippen LogP) is 5.33. The van der Waals surface area contributed by atoms with Crippen LogP contribution in [0.1, 0.15) is 17.2 Å². The summed E-state index contributed by atoms with van der Waals surface area (Å²) in [6.07, 6.45) is -0.772. The molecule has 3 heteroatoms. The number of benzene rings is 3. The molecule has 0 aliphatic heterocycles. The maximum atomic E-state index is 10.3. The Balaban J connectivity index is 1.70. The Kier molecular flexibility index (Phi) is 5.46. The monoisotopic (exact) mass is 360 g/mol. The second-order valence-electron chi connectivity index (χ2n) is 7.46. The zero-order chi connectivity index (χ0) is 18.6. The molecule has 1 N–H and O–H groups in total. The van der Waals surface area contributed by atoms with Crippen molar-refractivity contribution in [2.24, 2.45) is 0 Å². The Bertz CT molecular complexity index is 961. The molecule has 0 bridgehead atoms. The van der Waals surface area contributed by atoms with E-state index in [2.05, 4.69) is 61.4 Å². The van der Waals surface area contributed by atoms with Crippen molar-refractivity contribution in [3.8, 4) is 17.2 Å². The molecule has 0 aliphatic rings. The Morgan fingerprint density at radius 3 is 2.46 bits per heavy atom. The number of hydrogen-bond donors (Lipinski definition) is 1. The first-order chi connectivity index (χ1) is 12.4. The summed E-state index contributed by atoms with van der Waals surface area (Å²) >= 11 is 0. The van der Waals surface area contributed by atoms with Gasteiger partial charge >= 0.3 is 0 Å². The smallest absolute Gasteiger partial charge is 0.139 e. The molecule has 3 rings (SSSR count). The molecule has 3 aromatic carbocycles. The van der Waals surface area contributed by atoms with E-state index in [4.69, 9.17) is 4.74 Å². The van der Waals surface area contributed by atoms with Crippen LogP contribution in [0.5, 0.6) is 5.75 Å². The van der Waals surface area contributed by atoms with E-state index in [0.29, 0.717) is 6.61 Å². The quantitative estimate of drug-likeness (QED) is 0.503. The average molecular weight is 361 g/mol. The van der Waals surface area contributed by atoms with Gasteiger partial charge in [-0.25, -0.2) is 0 Å². The van der Waals surface area contributed by atoms with Crippen molar-refractivity contribution in [2.45, 2.75) is 32.4 Å². The van der Waals surface area contributed by atoms with Gasteiger partial charge in [0.05, 0.1) is 0 Å². The molecule has 3 aromatic rings. The third-order valence-electron chi connectivity index (χ3n) is 3.98. The zero-order valence-electron chi connectivity index (χ0n) is 15.5. The van der Waals surface area contributed by atoms with Crippen molar-refractivity contribution in [1.82, 2.24) is 0 Å². The third-order valence-corrected chi connectivity index (χ3v) is 4.87. The second kappa shape index (κ2) is 7.78. The summed E-state index contributed by atoms with van der Waals surface area (Å²) in [5.74, 6) is 3.71. The van der Waals surface area contributed by atoms with E-state index < -0.39 is 14.2 Å². The lowest BCUT2D eigenvalue weighted by Crippen LogP contribution is -2.16. The molecule has 0 radical (unpaired) electrons. The lowest BCUT2D eigenvalue weighted by atomic mass is 10.1. The molecule has 1 atom stereocenters. The third kappa shape index (κ3) is 4.98. The van der Waals surface area contributed by atoms with Gasteiger partial charge in [-0.05, 0) is 40.1 Å². The number of hydrogen-bond acceptors (Lipinski definition) is 2. The Morgan fingerprint density at radius 2 is 1.69 bits per heavy atom. The zero-order valence-corrected chi connectivity index (χ0v) is 16.5. The highest BCUT2D eigenvalue weighted by Crippen LogP contribution is 2.21. The summed E-state index contributed by atoms with van der Waals surface area (Å²) in [6.45, 7) is 6.98. The topological polar surface area (TPSA) is 29.5 Å². The van der Waals surface area contributed by atoms with E-state index in [-0.39, 0.29) is 0 Å². The van der Waals surface area contributed by atoms with Crippen LogP contribution in [0.3, 0.4) is 0 Å². The van der Waals surface area contributed by atoms with E-state index in [0.717, 1.165) is 16.9 Å². The van der Waals surface area contributed by atoms with Gasteiger partial charge in [0, 0.05) is 0 Å². The molecular weight excluding hydrogens is 336 g/mol. The van der Waals surface area contributed by atoms with Gasteiger partial charge < -0.3 is 9.84 Å². The SMILES string of the molecule is C[Si](C)(C)C#CC(O)c1cccc(OCc2ccc3ccccc3c2)c1. The van der Waals surface area contributed by atoms with Gasteiger partial charge in [-0.1, -0.05) is 74.1 Å². The number of fused-ring (bicyclic) bond motifs is 1. The van der Waals surface area contributed by atoms with Crippen LogP contribution in [0, 0.1) is 11.5 Å². The molecule has 0 aliphatic carbocycles. The van der Waals surface area contributed by atoms with E-state index in [1.54, 1.807) is 0 Å². The normalized spacial score (nSPS) is 12.3. The van der Waals surface area contributed by atoms with Gasteiger partial charge in [-0.3, -0.25) is 0 Å². The van der Waals surface area contributed by atoms with Crippen molar-refractivity contribution in [1.29, 1.82) is 0 Å². The summed E-state index contributed by atoms with van der Waals surface area (Å²) in [5.41, 5.74) is 5.10. The lowest BCUT2D eigenvalue weighted by Gasteiger charge is -2.11. The van der Waals surface area contributed by atoms with Crippen LogP contribution >= 0.6 is 0 Å². The van der Waals surface area contributed by atoms with Crippen molar-refractivity contribution in [2.75, 3.05) is 0 Å². The summed E-state index contributed by atoms with van der Waals surface area (Å²) in [6, 6.07) is 22.2. The van der Waals surface area contributed by atoms with Crippen LogP contribution in [-0.2, 0) is 6.61 Å². The lowest BCUT2D eigenvalue weighted by molar-refractivity contribution is 0.237. The van der Waals surface area contributed by atoms with E-state index >= 15 is 0 Å². The highest BCUT2D eigenvalue weighted by Gasteiger charge is 2.10. The van der Waals surface area contributed by atoms with Crippen LogP contribution in [0.2, 0.25) is 19.6 Å². The first kappa shape index (κ1) is 18.3. The van der Waals surface area contributed by atoms with E-state index in [9.17, 15) is 5.11 Å². The maximum Gasteiger partial charge on any atom is 0.139 e. The molecule has 132 valence electrons. The fourth-order valence-electron chi connectivity index (χ4n) is 2.64. The van der Waals surface area contributed by atoms with E-state index in [1.807, 2.05) is 36.4 Å². The molecule has 0 aromatic heterocycles. The van der Waals surface area contributed by atoms with Gasteiger partial charge in [-0.15, -0.1) is 5.54 Å². The number of aliphatic hydroxyl groups excluding tert-OH is 1. The molecule has 26 heavy (non-hydrogen) atoms. The molecule has 0 saturated carbocycles. The van der Waals surface area contributed by atoms with Crippen LogP contribution in [-0.4, -0.2) is 13.2 Å². The fraction of sp³-hybridized carbons (Fsp3) is 0.217. The summed E-state index contributed by atoms with van der Waals surface area (Å²) in [5, 5.41) is 12.7. The van der Waals surface area contributed by atoms with Crippen LogP contribution in [0.4, 0.5) is 0 Å². The largest absolute Gasteiger partial charge is 0.489 e. The fourth-order valence-corrected chi connectivity index (χ4v) is 3.21.